The summed E-state index contributed by atoms with van der Waals surface area (Å²) in [5.74, 6) is -0.930. The van der Waals surface area contributed by atoms with E-state index in [1.807, 2.05) is 0 Å². The van der Waals surface area contributed by atoms with Crippen molar-refractivity contribution in [1.82, 2.24) is 13.7 Å². The first-order valence-electron chi connectivity index (χ1n) is 9.06. The molecule has 0 aliphatic heterocycles. The average molecular weight is 405 g/mol. The van der Waals surface area contributed by atoms with Gasteiger partial charge in [0, 0.05) is 25.9 Å². The predicted octanol–water partition coefficient (Wildman–Crippen LogP) is 0.0673. The third-order valence-corrected chi connectivity index (χ3v) is 4.30. The fourth-order valence-corrected chi connectivity index (χ4v) is 2.78. The van der Waals surface area contributed by atoms with Gasteiger partial charge in [0.05, 0.1) is 19.9 Å². The van der Waals surface area contributed by atoms with E-state index in [0.29, 0.717) is 5.69 Å². The largest absolute Gasteiger partial charge is 0.469 e. The highest BCUT2D eigenvalue weighted by Gasteiger charge is 2.17. The summed E-state index contributed by atoms with van der Waals surface area (Å²) in [6.07, 6.45) is 0.429. The highest BCUT2D eigenvalue weighted by molar-refractivity contribution is 5.69. The molecule has 0 aliphatic rings. The summed E-state index contributed by atoms with van der Waals surface area (Å²) in [6, 6.07) is 8.20. The van der Waals surface area contributed by atoms with Crippen LogP contribution in [0.25, 0.3) is 5.69 Å². The van der Waals surface area contributed by atoms with E-state index in [4.69, 9.17) is 0 Å². The lowest BCUT2D eigenvalue weighted by atomic mass is 10.3. The summed E-state index contributed by atoms with van der Waals surface area (Å²) >= 11 is 0. The number of carbonyl (C=O) groups is 2. The third kappa shape index (κ3) is 5.31. The Kier molecular flexibility index (Phi) is 7.70. The lowest BCUT2D eigenvalue weighted by Gasteiger charge is -2.14. The second-order valence-electron chi connectivity index (χ2n) is 6.18. The zero-order valence-corrected chi connectivity index (χ0v) is 16.3. The van der Waals surface area contributed by atoms with Crippen molar-refractivity contribution in [2.45, 2.75) is 38.8 Å². The van der Waals surface area contributed by atoms with Crippen molar-refractivity contribution in [1.29, 1.82) is 0 Å². The molecule has 156 valence electrons. The fraction of sp³-hybridized carbons (Fsp3) is 0.421. The first-order chi connectivity index (χ1) is 13.9. The second kappa shape index (κ2) is 10.2. The average Bonchev–Trinajstić information content (AvgIpc) is 2.73. The Bertz CT molecular complexity index is 974. The van der Waals surface area contributed by atoms with Gasteiger partial charge in [-0.25, -0.2) is 28.1 Å². The van der Waals surface area contributed by atoms with Crippen molar-refractivity contribution in [3.05, 3.63) is 61.8 Å². The van der Waals surface area contributed by atoms with Crippen LogP contribution >= 0.6 is 0 Å². The van der Waals surface area contributed by atoms with E-state index in [0.717, 1.165) is 13.7 Å². The SMILES string of the molecule is COC(=O)CCCn1c(=O)n(CCCC(=O)OC)c(=O)n(-c2ccccc2)c1=O. The zero-order chi connectivity index (χ0) is 21.4. The van der Waals surface area contributed by atoms with Crippen molar-refractivity contribution in [2.75, 3.05) is 14.2 Å². The Morgan fingerprint density at radius 1 is 0.759 bits per heavy atom. The Labute approximate surface area is 165 Å². The molecular weight excluding hydrogens is 382 g/mol. The molecule has 1 aromatic heterocycles. The molecule has 0 amide bonds. The lowest BCUT2D eigenvalue weighted by molar-refractivity contribution is -0.141. The third-order valence-electron chi connectivity index (χ3n) is 4.30. The molecule has 0 aliphatic carbocycles. The van der Waals surface area contributed by atoms with Crippen molar-refractivity contribution in [3.8, 4) is 5.69 Å². The molecule has 0 bridgehead atoms. The number of hydrogen-bond acceptors (Lipinski definition) is 7. The Hall–Kier alpha value is -3.43. The zero-order valence-electron chi connectivity index (χ0n) is 16.3. The van der Waals surface area contributed by atoms with Gasteiger partial charge < -0.3 is 9.47 Å². The van der Waals surface area contributed by atoms with Crippen LogP contribution in [0.3, 0.4) is 0 Å². The van der Waals surface area contributed by atoms with Crippen molar-refractivity contribution in [2.24, 2.45) is 0 Å². The standard InChI is InChI=1S/C19H23N3O7/c1-28-15(23)10-6-12-20-17(25)21(13-7-11-16(24)29-2)19(27)22(18(20)26)14-8-4-3-5-9-14/h3-5,8-9H,6-7,10-13H2,1-2H3. The van der Waals surface area contributed by atoms with E-state index in [-0.39, 0.29) is 38.8 Å². The van der Waals surface area contributed by atoms with Gasteiger partial charge in [-0.1, -0.05) is 18.2 Å². The minimum absolute atomic E-state index is 0.0230. The van der Waals surface area contributed by atoms with Crippen LogP contribution in [0, 0.1) is 0 Å². The second-order valence-corrected chi connectivity index (χ2v) is 6.18. The van der Waals surface area contributed by atoms with E-state index in [9.17, 15) is 24.0 Å². The summed E-state index contributed by atoms with van der Waals surface area (Å²) in [5, 5.41) is 0. The molecule has 10 nitrogen and oxygen atoms in total. The van der Waals surface area contributed by atoms with Gasteiger partial charge in [0.15, 0.2) is 0 Å². The quantitative estimate of drug-likeness (QED) is 0.542. The molecular formula is C19H23N3O7. The van der Waals surface area contributed by atoms with E-state index >= 15 is 0 Å². The summed E-state index contributed by atoms with van der Waals surface area (Å²) in [5.41, 5.74) is -2.06. The van der Waals surface area contributed by atoms with Gasteiger partial charge in [-0.3, -0.25) is 9.59 Å². The predicted molar refractivity (Wildman–Crippen MR) is 103 cm³/mol. The van der Waals surface area contributed by atoms with Crippen LogP contribution in [0.2, 0.25) is 0 Å². The van der Waals surface area contributed by atoms with Crippen molar-refractivity contribution >= 4 is 11.9 Å². The molecule has 2 rings (SSSR count). The number of methoxy groups -OCH3 is 2. The molecule has 0 spiro atoms. The van der Waals surface area contributed by atoms with E-state index in [1.165, 1.54) is 14.2 Å². The molecule has 10 heteroatoms. The maximum absolute atomic E-state index is 12.9. The van der Waals surface area contributed by atoms with Gasteiger partial charge >= 0.3 is 29.0 Å². The van der Waals surface area contributed by atoms with Crippen LogP contribution < -0.4 is 17.1 Å². The van der Waals surface area contributed by atoms with Crippen LogP contribution in [0.4, 0.5) is 0 Å². The van der Waals surface area contributed by atoms with Crippen LogP contribution in [0.1, 0.15) is 25.7 Å². The Balaban J connectivity index is 2.49. The van der Waals surface area contributed by atoms with Gasteiger partial charge in [-0.05, 0) is 25.0 Å². The summed E-state index contributed by atoms with van der Waals surface area (Å²) in [7, 11) is 2.50. The number of esters is 2. The first kappa shape index (κ1) is 21.9. The molecule has 0 atom stereocenters. The molecule has 0 fully saturated rings. The Morgan fingerprint density at radius 2 is 1.21 bits per heavy atom. The lowest BCUT2D eigenvalue weighted by Crippen LogP contribution is -2.54. The topological polar surface area (TPSA) is 119 Å². The molecule has 1 heterocycles. The first-order valence-corrected chi connectivity index (χ1v) is 9.06. The van der Waals surface area contributed by atoms with E-state index < -0.39 is 29.0 Å². The van der Waals surface area contributed by atoms with Crippen molar-refractivity contribution in [3.63, 3.8) is 0 Å². The molecule has 0 saturated carbocycles. The molecule has 0 unspecified atom stereocenters. The fourth-order valence-electron chi connectivity index (χ4n) is 2.78. The molecule has 0 N–H and O–H groups in total. The number of rotatable bonds is 9. The number of hydrogen-bond donors (Lipinski definition) is 0. The normalized spacial score (nSPS) is 10.6. The summed E-state index contributed by atoms with van der Waals surface area (Å²) < 4.78 is 11.8. The minimum Gasteiger partial charge on any atom is -0.469 e. The molecule has 1 aromatic carbocycles. The van der Waals surface area contributed by atoms with Crippen LogP contribution in [0.15, 0.2) is 44.7 Å². The minimum atomic E-state index is -0.791. The van der Waals surface area contributed by atoms with Gasteiger partial charge in [-0.15, -0.1) is 0 Å². The highest BCUT2D eigenvalue weighted by atomic mass is 16.5. The molecule has 29 heavy (non-hydrogen) atoms. The maximum Gasteiger partial charge on any atom is 0.340 e. The van der Waals surface area contributed by atoms with Gasteiger partial charge in [0.25, 0.3) is 0 Å². The number of nitrogens with zero attached hydrogens (tertiary/aromatic N) is 3. The van der Waals surface area contributed by atoms with Crippen LogP contribution in [0.5, 0.6) is 0 Å². The molecule has 2 aromatic rings. The summed E-state index contributed by atoms with van der Waals surface area (Å²) in [6.45, 7) is -0.117. The summed E-state index contributed by atoms with van der Waals surface area (Å²) in [4.78, 5) is 61.1. The van der Waals surface area contributed by atoms with Crippen LogP contribution in [-0.4, -0.2) is 39.9 Å². The molecule has 0 radical (unpaired) electrons. The maximum atomic E-state index is 12.9. The van der Waals surface area contributed by atoms with Crippen LogP contribution in [-0.2, 0) is 32.2 Å². The number of benzene rings is 1. The smallest absolute Gasteiger partial charge is 0.340 e. The molecule has 0 saturated heterocycles. The van der Waals surface area contributed by atoms with Crippen molar-refractivity contribution < 1.29 is 19.1 Å². The highest BCUT2D eigenvalue weighted by Crippen LogP contribution is 2.01. The van der Waals surface area contributed by atoms with Gasteiger partial charge in [0.2, 0.25) is 0 Å². The number of ether oxygens (including phenoxy) is 2. The Morgan fingerprint density at radius 3 is 1.62 bits per heavy atom. The van der Waals surface area contributed by atoms with E-state index in [1.54, 1.807) is 30.3 Å². The monoisotopic (exact) mass is 405 g/mol. The number of para-hydroxylation sites is 1. The number of carbonyl (C=O) groups excluding carboxylic acids is 2. The van der Waals surface area contributed by atoms with Gasteiger partial charge in [0.1, 0.15) is 0 Å². The van der Waals surface area contributed by atoms with Gasteiger partial charge in [-0.2, -0.15) is 0 Å². The van der Waals surface area contributed by atoms with E-state index in [2.05, 4.69) is 9.47 Å². The number of aromatic nitrogens is 3.